The second-order valence-electron chi connectivity index (χ2n) is 4.89. The van der Waals surface area contributed by atoms with Crippen LogP contribution in [0.3, 0.4) is 0 Å². The lowest BCUT2D eigenvalue weighted by molar-refractivity contribution is 0.190. The fourth-order valence-corrected chi connectivity index (χ4v) is 2.69. The minimum Gasteiger partial charge on any atom is -0.493 e. The summed E-state index contributed by atoms with van der Waals surface area (Å²) in [4.78, 5) is 0. The highest BCUT2D eigenvalue weighted by molar-refractivity contribution is 7.90. The molecule has 4 nitrogen and oxygen atoms in total. The quantitative estimate of drug-likeness (QED) is 0.897. The van der Waals surface area contributed by atoms with Gasteiger partial charge in [0.1, 0.15) is 15.6 Å². The molecular formula is C13H19NO3S. The number of hydrogen-bond donors (Lipinski definition) is 1. The summed E-state index contributed by atoms with van der Waals surface area (Å²) in [5.41, 5.74) is 1.12. The molecule has 1 aromatic carbocycles. The first kappa shape index (κ1) is 13.4. The van der Waals surface area contributed by atoms with Crippen LogP contribution >= 0.6 is 0 Å². The molecule has 1 aromatic rings. The predicted molar refractivity (Wildman–Crippen MR) is 71.6 cm³/mol. The molecule has 0 spiro atoms. The molecule has 0 aromatic heterocycles. The number of fused-ring (bicyclic) bond motifs is 1. The van der Waals surface area contributed by atoms with Gasteiger partial charge < -0.3 is 10.1 Å². The Morgan fingerprint density at radius 3 is 2.83 bits per heavy atom. The summed E-state index contributed by atoms with van der Waals surface area (Å²) >= 11 is 0. The van der Waals surface area contributed by atoms with E-state index in [0.29, 0.717) is 19.1 Å². The predicted octanol–water partition coefficient (Wildman–Crippen LogP) is 1.39. The number of sulfone groups is 1. The number of para-hydroxylation sites is 1. The maximum Gasteiger partial charge on any atom is 0.148 e. The van der Waals surface area contributed by atoms with Crippen LogP contribution in [-0.2, 0) is 9.84 Å². The Hall–Kier alpha value is -1.07. The Balaban J connectivity index is 2.07. The summed E-state index contributed by atoms with van der Waals surface area (Å²) in [6, 6.07) is 8.07. The SMILES string of the molecule is CC1COc2ccccc2C1NCCS(C)(=O)=O. The van der Waals surface area contributed by atoms with Crippen LogP contribution in [0, 0.1) is 5.92 Å². The van der Waals surface area contributed by atoms with Gasteiger partial charge in [0, 0.05) is 30.3 Å². The highest BCUT2D eigenvalue weighted by Crippen LogP contribution is 2.34. The highest BCUT2D eigenvalue weighted by atomic mass is 32.2. The molecule has 0 saturated heterocycles. The van der Waals surface area contributed by atoms with Crippen molar-refractivity contribution in [1.82, 2.24) is 5.32 Å². The smallest absolute Gasteiger partial charge is 0.148 e. The third-order valence-electron chi connectivity index (χ3n) is 3.16. The summed E-state index contributed by atoms with van der Waals surface area (Å²) in [5.74, 6) is 1.39. The number of nitrogens with one attached hydrogen (secondary N) is 1. The van der Waals surface area contributed by atoms with Crippen LogP contribution < -0.4 is 10.1 Å². The maximum atomic E-state index is 11.1. The Morgan fingerprint density at radius 1 is 1.39 bits per heavy atom. The number of benzene rings is 1. The molecular weight excluding hydrogens is 250 g/mol. The molecule has 1 aliphatic rings. The summed E-state index contributed by atoms with van der Waals surface area (Å²) in [6.07, 6.45) is 1.26. The van der Waals surface area contributed by atoms with E-state index in [0.717, 1.165) is 11.3 Å². The van der Waals surface area contributed by atoms with E-state index in [4.69, 9.17) is 4.74 Å². The van der Waals surface area contributed by atoms with E-state index in [1.807, 2.05) is 24.3 Å². The fraction of sp³-hybridized carbons (Fsp3) is 0.538. The van der Waals surface area contributed by atoms with Crippen molar-refractivity contribution in [2.45, 2.75) is 13.0 Å². The minimum atomic E-state index is -2.91. The van der Waals surface area contributed by atoms with E-state index >= 15 is 0 Å². The Kier molecular flexibility index (Phi) is 3.92. The Bertz CT molecular complexity index is 513. The van der Waals surface area contributed by atoms with Gasteiger partial charge in [-0.15, -0.1) is 0 Å². The molecule has 1 N–H and O–H groups in total. The molecule has 0 bridgehead atoms. The normalized spacial score (nSPS) is 23.2. The van der Waals surface area contributed by atoms with Crippen LogP contribution in [0.4, 0.5) is 0 Å². The van der Waals surface area contributed by atoms with Crippen LogP contribution in [0.25, 0.3) is 0 Å². The average Bonchev–Trinajstić information content (AvgIpc) is 2.31. The van der Waals surface area contributed by atoms with Crippen molar-refractivity contribution in [1.29, 1.82) is 0 Å². The number of hydrogen-bond acceptors (Lipinski definition) is 4. The van der Waals surface area contributed by atoms with Crippen molar-refractivity contribution >= 4 is 9.84 Å². The van der Waals surface area contributed by atoms with Gasteiger partial charge in [-0.05, 0) is 6.07 Å². The van der Waals surface area contributed by atoms with Gasteiger partial charge in [-0.3, -0.25) is 0 Å². The van der Waals surface area contributed by atoms with Crippen molar-refractivity contribution < 1.29 is 13.2 Å². The molecule has 1 aliphatic heterocycles. The molecule has 100 valence electrons. The molecule has 0 fully saturated rings. The molecule has 18 heavy (non-hydrogen) atoms. The topological polar surface area (TPSA) is 55.4 Å². The summed E-state index contributed by atoms with van der Waals surface area (Å²) in [7, 11) is -2.91. The lowest BCUT2D eigenvalue weighted by atomic mass is 9.92. The third kappa shape index (κ3) is 3.23. The largest absolute Gasteiger partial charge is 0.493 e. The second kappa shape index (κ2) is 5.28. The van der Waals surface area contributed by atoms with E-state index in [-0.39, 0.29) is 11.8 Å². The maximum absolute atomic E-state index is 11.1. The van der Waals surface area contributed by atoms with Crippen LogP contribution in [0.5, 0.6) is 5.75 Å². The zero-order valence-electron chi connectivity index (χ0n) is 10.7. The third-order valence-corrected chi connectivity index (χ3v) is 4.11. The van der Waals surface area contributed by atoms with Crippen molar-refractivity contribution in [2.24, 2.45) is 5.92 Å². The summed E-state index contributed by atoms with van der Waals surface area (Å²) in [6.45, 7) is 3.24. The molecule has 2 rings (SSSR count). The van der Waals surface area contributed by atoms with Crippen molar-refractivity contribution in [3.8, 4) is 5.75 Å². The molecule has 2 unspecified atom stereocenters. The van der Waals surface area contributed by atoms with Crippen LogP contribution in [-0.4, -0.2) is 33.6 Å². The Labute approximate surface area is 108 Å². The van der Waals surface area contributed by atoms with E-state index < -0.39 is 9.84 Å². The van der Waals surface area contributed by atoms with Crippen LogP contribution in [0.15, 0.2) is 24.3 Å². The van der Waals surface area contributed by atoms with Gasteiger partial charge >= 0.3 is 0 Å². The first-order valence-electron chi connectivity index (χ1n) is 6.10. The lowest BCUT2D eigenvalue weighted by Crippen LogP contribution is -2.36. The standard InChI is InChI=1S/C13H19NO3S/c1-10-9-17-12-6-4-3-5-11(12)13(10)14-7-8-18(2,15)16/h3-6,10,13-14H,7-9H2,1-2H3. The van der Waals surface area contributed by atoms with E-state index in [2.05, 4.69) is 12.2 Å². The van der Waals surface area contributed by atoms with Gasteiger partial charge in [0.25, 0.3) is 0 Å². The van der Waals surface area contributed by atoms with Gasteiger partial charge in [0.15, 0.2) is 0 Å². The minimum absolute atomic E-state index is 0.164. The number of ether oxygens (including phenoxy) is 1. The lowest BCUT2D eigenvalue weighted by Gasteiger charge is -2.32. The molecule has 2 atom stereocenters. The zero-order valence-corrected chi connectivity index (χ0v) is 11.5. The molecule has 0 radical (unpaired) electrons. The average molecular weight is 269 g/mol. The molecule has 0 aliphatic carbocycles. The van der Waals surface area contributed by atoms with Crippen LogP contribution in [0.1, 0.15) is 18.5 Å². The fourth-order valence-electron chi connectivity index (χ4n) is 2.20. The van der Waals surface area contributed by atoms with Crippen molar-refractivity contribution in [3.63, 3.8) is 0 Å². The van der Waals surface area contributed by atoms with Crippen molar-refractivity contribution in [3.05, 3.63) is 29.8 Å². The van der Waals surface area contributed by atoms with E-state index in [9.17, 15) is 8.42 Å². The van der Waals surface area contributed by atoms with Gasteiger partial charge in [0.2, 0.25) is 0 Å². The van der Waals surface area contributed by atoms with Gasteiger partial charge in [0.05, 0.1) is 12.4 Å². The monoisotopic (exact) mass is 269 g/mol. The van der Waals surface area contributed by atoms with E-state index in [1.54, 1.807) is 0 Å². The molecule has 5 heteroatoms. The van der Waals surface area contributed by atoms with Gasteiger partial charge in [-0.25, -0.2) is 8.42 Å². The first-order chi connectivity index (χ1) is 8.47. The highest BCUT2D eigenvalue weighted by Gasteiger charge is 2.27. The molecule has 0 amide bonds. The number of rotatable bonds is 4. The molecule has 0 saturated carbocycles. The molecule has 1 heterocycles. The Morgan fingerprint density at radius 2 is 2.11 bits per heavy atom. The van der Waals surface area contributed by atoms with E-state index in [1.165, 1.54) is 6.26 Å². The van der Waals surface area contributed by atoms with Crippen molar-refractivity contribution in [2.75, 3.05) is 25.2 Å². The summed E-state index contributed by atoms with van der Waals surface area (Å²) < 4.78 is 27.9. The summed E-state index contributed by atoms with van der Waals surface area (Å²) in [5, 5.41) is 3.32. The zero-order chi connectivity index (χ0) is 13.2. The first-order valence-corrected chi connectivity index (χ1v) is 8.16. The van der Waals surface area contributed by atoms with Gasteiger partial charge in [-0.1, -0.05) is 25.1 Å². The van der Waals surface area contributed by atoms with Crippen LogP contribution in [0.2, 0.25) is 0 Å². The van der Waals surface area contributed by atoms with Gasteiger partial charge in [-0.2, -0.15) is 0 Å². The second-order valence-corrected chi connectivity index (χ2v) is 7.15.